The summed E-state index contributed by atoms with van der Waals surface area (Å²) in [6.45, 7) is 1.43. The van der Waals surface area contributed by atoms with E-state index in [1.54, 1.807) is 0 Å². The minimum atomic E-state index is -4.48. The van der Waals surface area contributed by atoms with Crippen LogP contribution in [-0.4, -0.2) is 55.9 Å². The first-order valence-electron chi connectivity index (χ1n) is 8.61. The number of hydrogen-bond acceptors (Lipinski definition) is 3. The molecule has 0 aromatic heterocycles. The second-order valence-electron chi connectivity index (χ2n) is 6.33. The van der Waals surface area contributed by atoms with Crippen LogP contribution in [0, 0.1) is 0 Å². The quantitative estimate of drug-likeness (QED) is 0.716. The van der Waals surface area contributed by atoms with Gasteiger partial charge in [0.15, 0.2) is 0 Å². The van der Waals surface area contributed by atoms with E-state index in [1.165, 1.54) is 28.6 Å². The van der Waals surface area contributed by atoms with Crippen molar-refractivity contribution in [3.05, 3.63) is 29.8 Å². The van der Waals surface area contributed by atoms with Gasteiger partial charge in [-0.1, -0.05) is 13.3 Å². The second kappa shape index (κ2) is 8.39. The van der Waals surface area contributed by atoms with Crippen molar-refractivity contribution in [3.8, 4) is 0 Å². The predicted molar refractivity (Wildman–Crippen MR) is 91.3 cm³/mol. The SMILES string of the molecule is CCCCN(CC(F)(F)F)C(=O)c1ccc(S(=O)(=O)N2CCCC2)cc1. The van der Waals surface area contributed by atoms with Crippen LogP contribution < -0.4 is 0 Å². The third-order valence-corrected chi connectivity index (χ3v) is 6.16. The summed E-state index contributed by atoms with van der Waals surface area (Å²) in [6.07, 6.45) is -1.75. The molecule has 0 saturated carbocycles. The van der Waals surface area contributed by atoms with Crippen LogP contribution in [0.2, 0.25) is 0 Å². The van der Waals surface area contributed by atoms with E-state index in [-0.39, 0.29) is 17.0 Å². The number of halogens is 3. The van der Waals surface area contributed by atoms with Gasteiger partial charge >= 0.3 is 6.18 Å². The molecule has 26 heavy (non-hydrogen) atoms. The predicted octanol–water partition coefficient (Wildman–Crippen LogP) is 3.28. The number of benzene rings is 1. The van der Waals surface area contributed by atoms with Crippen molar-refractivity contribution in [2.24, 2.45) is 0 Å². The summed E-state index contributed by atoms with van der Waals surface area (Å²) in [4.78, 5) is 13.2. The fraction of sp³-hybridized carbons (Fsp3) is 0.588. The highest BCUT2D eigenvalue weighted by Crippen LogP contribution is 2.22. The summed E-state index contributed by atoms with van der Waals surface area (Å²) in [6, 6.07) is 5.13. The Morgan fingerprint density at radius 3 is 2.23 bits per heavy atom. The Bertz CT molecular complexity index is 712. The third-order valence-electron chi connectivity index (χ3n) is 4.24. The molecule has 0 unspecified atom stereocenters. The number of alkyl halides is 3. The van der Waals surface area contributed by atoms with Gasteiger partial charge in [-0.25, -0.2) is 8.42 Å². The molecule has 0 bridgehead atoms. The topological polar surface area (TPSA) is 57.7 Å². The van der Waals surface area contributed by atoms with Crippen LogP contribution in [0.4, 0.5) is 13.2 Å². The van der Waals surface area contributed by atoms with Crippen molar-refractivity contribution in [3.63, 3.8) is 0 Å². The van der Waals surface area contributed by atoms with E-state index < -0.39 is 28.7 Å². The summed E-state index contributed by atoms with van der Waals surface area (Å²) < 4.78 is 64.5. The lowest BCUT2D eigenvalue weighted by atomic mass is 10.2. The molecular weight excluding hydrogens is 369 g/mol. The highest BCUT2D eigenvalue weighted by molar-refractivity contribution is 7.89. The summed E-state index contributed by atoms with van der Waals surface area (Å²) >= 11 is 0. The van der Waals surface area contributed by atoms with Gasteiger partial charge in [-0.05, 0) is 43.5 Å². The summed E-state index contributed by atoms with van der Waals surface area (Å²) in [7, 11) is -3.62. The highest BCUT2D eigenvalue weighted by Gasteiger charge is 2.33. The van der Waals surface area contributed by atoms with Gasteiger partial charge < -0.3 is 4.90 Å². The molecule has 146 valence electrons. The van der Waals surface area contributed by atoms with Gasteiger partial charge in [0.2, 0.25) is 10.0 Å². The Hall–Kier alpha value is -1.61. The largest absolute Gasteiger partial charge is 0.406 e. The zero-order valence-electron chi connectivity index (χ0n) is 14.6. The number of unbranched alkanes of at least 4 members (excludes halogenated alkanes) is 1. The van der Waals surface area contributed by atoms with Crippen molar-refractivity contribution < 1.29 is 26.4 Å². The van der Waals surface area contributed by atoms with Gasteiger partial charge in [0.25, 0.3) is 5.91 Å². The summed E-state index contributed by atoms with van der Waals surface area (Å²) in [5.41, 5.74) is 0.0470. The maximum Gasteiger partial charge on any atom is 0.406 e. The molecular formula is C17H23F3N2O3S. The van der Waals surface area contributed by atoms with Crippen molar-refractivity contribution in [2.75, 3.05) is 26.2 Å². The van der Waals surface area contributed by atoms with Crippen LogP contribution in [0.3, 0.4) is 0 Å². The summed E-state index contributed by atoms with van der Waals surface area (Å²) in [5, 5.41) is 0. The maximum atomic E-state index is 12.7. The average Bonchev–Trinajstić information content (AvgIpc) is 3.12. The normalized spacial score (nSPS) is 16.0. The Morgan fingerprint density at radius 2 is 1.73 bits per heavy atom. The summed E-state index contributed by atoms with van der Waals surface area (Å²) in [5.74, 6) is -0.749. The molecule has 0 radical (unpaired) electrons. The van der Waals surface area contributed by atoms with Crippen LogP contribution in [0.25, 0.3) is 0 Å². The van der Waals surface area contributed by atoms with Crippen molar-refractivity contribution in [2.45, 2.75) is 43.7 Å². The minimum absolute atomic E-state index is 0.00265. The van der Waals surface area contributed by atoms with E-state index in [0.29, 0.717) is 25.9 Å². The molecule has 9 heteroatoms. The van der Waals surface area contributed by atoms with Gasteiger partial charge in [-0.2, -0.15) is 17.5 Å². The van der Waals surface area contributed by atoms with E-state index >= 15 is 0 Å². The maximum absolute atomic E-state index is 12.7. The Morgan fingerprint density at radius 1 is 1.15 bits per heavy atom. The van der Waals surface area contributed by atoms with Gasteiger partial charge in [0.05, 0.1) is 4.90 Å². The number of sulfonamides is 1. The van der Waals surface area contributed by atoms with Gasteiger partial charge in [-0.15, -0.1) is 0 Å². The zero-order chi connectivity index (χ0) is 19.4. The van der Waals surface area contributed by atoms with Crippen molar-refractivity contribution >= 4 is 15.9 Å². The van der Waals surface area contributed by atoms with Gasteiger partial charge in [0.1, 0.15) is 6.54 Å². The Balaban J connectivity index is 2.17. The molecule has 1 aromatic rings. The first-order valence-corrected chi connectivity index (χ1v) is 10.1. The van der Waals surface area contributed by atoms with Crippen LogP contribution in [0.15, 0.2) is 29.2 Å². The number of nitrogens with zero attached hydrogens (tertiary/aromatic N) is 2. The van der Waals surface area contributed by atoms with E-state index in [4.69, 9.17) is 0 Å². The lowest BCUT2D eigenvalue weighted by Crippen LogP contribution is -2.39. The van der Waals surface area contributed by atoms with Crippen LogP contribution >= 0.6 is 0 Å². The molecule has 1 heterocycles. The fourth-order valence-corrected chi connectivity index (χ4v) is 4.36. The van der Waals surface area contributed by atoms with E-state index in [1.807, 2.05) is 6.92 Å². The van der Waals surface area contributed by atoms with Crippen LogP contribution in [-0.2, 0) is 10.0 Å². The molecule has 1 saturated heterocycles. The minimum Gasteiger partial charge on any atom is -0.330 e. The molecule has 0 aliphatic carbocycles. The molecule has 2 rings (SSSR count). The third kappa shape index (κ3) is 5.20. The van der Waals surface area contributed by atoms with Crippen molar-refractivity contribution in [1.29, 1.82) is 0 Å². The molecule has 1 amide bonds. The highest BCUT2D eigenvalue weighted by atomic mass is 32.2. The Labute approximate surface area is 151 Å². The molecule has 1 aliphatic rings. The number of carbonyl (C=O) groups excluding carboxylic acids is 1. The fourth-order valence-electron chi connectivity index (χ4n) is 2.85. The van der Waals surface area contributed by atoms with Crippen LogP contribution in [0.5, 0.6) is 0 Å². The molecule has 5 nitrogen and oxygen atoms in total. The van der Waals surface area contributed by atoms with Crippen LogP contribution in [0.1, 0.15) is 43.0 Å². The smallest absolute Gasteiger partial charge is 0.330 e. The lowest BCUT2D eigenvalue weighted by molar-refractivity contribution is -0.140. The standard InChI is InChI=1S/C17H23F3N2O3S/c1-2-3-10-21(13-17(18,19)20)16(23)14-6-8-15(9-7-14)26(24,25)22-11-4-5-12-22/h6-9H,2-5,10-13H2,1H3. The monoisotopic (exact) mass is 392 g/mol. The zero-order valence-corrected chi connectivity index (χ0v) is 15.4. The van der Waals surface area contributed by atoms with Gasteiger partial charge in [-0.3, -0.25) is 4.79 Å². The number of amides is 1. The first-order chi connectivity index (χ1) is 12.1. The van der Waals surface area contributed by atoms with Gasteiger partial charge in [0, 0.05) is 25.2 Å². The first kappa shape index (κ1) is 20.7. The Kier molecular flexibility index (Phi) is 6.68. The molecule has 0 atom stereocenters. The molecule has 1 aliphatic heterocycles. The number of carbonyl (C=O) groups is 1. The average molecular weight is 392 g/mol. The van der Waals surface area contributed by atoms with E-state index in [2.05, 4.69) is 0 Å². The van der Waals surface area contributed by atoms with E-state index in [0.717, 1.165) is 17.7 Å². The molecule has 1 aromatic carbocycles. The molecule has 0 spiro atoms. The van der Waals surface area contributed by atoms with Crippen molar-refractivity contribution in [1.82, 2.24) is 9.21 Å². The number of rotatable bonds is 7. The molecule has 0 N–H and O–H groups in total. The molecule has 1 fully saturated rings. The second-order valence-corrected chi connectivity index (χ2v) is 8.27. The van der Waals surface area contributed by atoms with E-state index in [9.17, 15) is 26.4 Å². The number of hydrogen-bond donors (Lipinski definition) is 0. The lowest BCUT2D eigenvalue weighted by Gasteiger charge is -2.24.